The summed E-state index contributed by atoms with van der Waals surface area (Å²) >= 11 is 0. The maximum absolute atomic E-state index is 12.0. The van der Waals surface area contributed by atoms with Gasteiger partial charge in [-0.3, -0.25) is 4.79 Å². The molecule has 2 saturated carbocycles. The van der Waals surface area contributed by atoms with Gasteiger partial charge in [0.15, 0.2) is 0 Å². The first-order valence-electron chi connectivity index (χ1n) is 9.61. The van der Waals surface area contributed by atoms with Crippen LogP contribution in [0.3, 0.4) is 0 Å². The van der Waals surface area contributed by atoms with E-state index < -0.39 is 5.60 Å². The van der Waals surface area contributed by atoms with E-state index in [2.05, 4.69) is 6.58 Å². The van der Waals surface area contributed by atoms with Gasteiger partial charge in [-0.05, 0) is 56.6 Å². The standard InChI is InChI=1S/C21H30O3/c1-2-3-12-19(22)24-18-15-17(21(23)13-8-5-9-14-21)20(18)16-10-6-4-7-11-16/h2,15,18,23H,1,3-14H2. The number of carbonyl (C=O) groups excluding carboxylic acids is 1. The maximum atomic E-state index is 12.0. The highest BCUT2D eigenvalue weighted by molar-refractivity contribution is 5.72. The molecule has 2 fully saturated rings. The van der Waals surface area contributed by atoms with Crippen LogP contribution in [0.4, 0.5) is 0 Å². The van der Waals surface area contributed by atoms with E-state index in [0.29, 0.717) is 12.8 Å². The minimum Gasteiger partial charge on any atom is -0.453 e. The molecule has 3 nitrogen and oxygen atoms in total. The Morgan fingerprint density at radius 3 is 2.54 bits per heavy atom. The second-order valence-electron chi connectivity index (χ2n) is 7.49. The Morgan fingerprint density at radius 2 is 1.88 bits per heavy atom. The first-order chi connectivity index (χ1) is 11.6. The van der Waals surface area contributed by atoms with Crippen molar-refractivity contribution >= 4 is 5.97 Å². The Labute approximate surface area is 145 Å². The van der Waals surface area contributed by atoms with Crippen LogP contribution in [0.2, 0.25) is 0 Å². The van der Waals surface area contributed by atoms with Crippen molar-refractivity contribution in [1.82, 2.24) is 0 Å². The number of allylic oxidation sites excluding steroid dienone is 2. The Hall–Kier alpha value is -1.35. The van der Waals surface area contributed by atoms with Crippen LogP contribution in [0.5, 0.6) is 0 Å². The van der Waals surface area contributed by atoms with Crippen molar-refractivity contribution in [3.63, 3.8) is 0 Å². The molecule has 24 heavy (non-hydrogen) atoms. The average Bonchev–Trinajstić information content (AvgIpc) is 2.58. The van der Waals surface area contributed by atoms with E-state index in [9.17, 15) is 9.90 Å². The summed E-state index contributed by atoms with van der Waals surface area (Å²) in [6.07, 6.45) is 15.5. The quantitative estimate of drug-likeness (QED) is 0.584. The molecule has 0 saturated heterocycles. The zero-order valence-electron chi connectivity index (χ0n) is 14.7. The lowest BCUT2D eigenvalue weighted by atomic mass is 9.68. The Balaban J connectivity index is 1.80. The fourth-order valence-electron chi connectivity index (χ4n) is 4.35. The molecule has 1 unspecified atom stereocenters. The molecule has 0 spiro atoms. The SMILES string of the molecule is C=CCCC(=O)OC1C=C(C2(O)CCCCC2)C1=C1CCCCC1. The summed E-state index contributed by atoms with van der Waals surface area (Å²) in [7, 11) is 0. The first kappa shape index (κ1) is 17.5. The zero-order chi connectivity index (χ0) is 17.0. The molecule has 132 valence electrons. The molecule has 3 heteroatoms. The van der Waals surface area contributed by atoms with Gasteiger partial charge in [-0.2, -0.15) is 0 Å². The van der Waals surface area contributed by atoms with Crippen molar-refractivity contribution in [1.29, 1.82) is 0 Å². The smallest absolute Gasteiger partial charge is 0.307 e. The summed E-state index contributed by atoms with van der Waals surface area (Å²) in [4.78, 5) is 12.0. The van der Waals surface area contributed by atoms with E-state index in [1.165, 1.54) is 31.3 Å². The second kappa shape index (κ2) is 7.69. The number of aliphatic hydroxyl groups is 1. The zero-order valence-corrected chi connectivity index (χ0v) is 14.7. The van der Waals surface area contributed by atoms with E-state index in [-0.39, 0.29) is 12.1 Å². The highest BCUT2D eigenvalue weighted by Crippen LogP contribution is 2.47. The second-order valence-corrected chi connectivity index (χ2v) is 7.49. The number of carbonyl (C=O) groups is 1. The van der Waals surface area contributed by atoms with Gasteiger partial charge in [0, 0.05) is 12.0 Å². The molecular formula is C21H30O3. The lowest BCUT2D eigenvalue weighted by Gasteiger charge is -2.43. The van der Waals surface area contributed by atoms with E-state index in [1.54, 1.807) is 6.08 Å². The molecule has 0 bridgehead atoms. The molecule has 0 aromatic heterocycles. The third-order valence-electron chi connectivity index (χ3n) is 5.72. The predicted molar refractivity (Wildman–Crippen MR) is 95.5 cm³/mol. The van der Waals surface area contributed by atoms with Gasteiger partial charge in [0.05, 0.1) is 5.60 Å². The Kier molecular flexibility index (Phi) is 5.60. The van der Waals surface area contributed by atoms with Crippen molar-refractivity contribution in [2.45, 2.75) is 88.8 Å². The van der Waals surface area contributed by atoms with Gasteiger partial charge in [0.2, 0.25) is 0 Å². The summed E-state index contributed by atoms with van der Waals surface area (Å²) in [5.41, 5.74) is 2.95. The van der Waals surface area contributed by atoms with Crippen molar-refractivity contribution < 1.29 is 14.6 Å². The Bertz CT molecular complexity index is 541. The highest BCUT2D eigenvalue weighted by atomic mass is 16.5. The van der Waals surface area contributed by atoms with Crippen molar-refractivity contribution in [3.8, 4) is 0 Å². The van der Waals surface area contributed by atoms with Gasteiger partial charge in [-0.1, -0.05) is 37.3 Å². The van der Waals surface area contributed by atoms with Crippen LogP contribution in [-0.4, -0.2) is 22.8 Å². The van der Waals surface area contributed by atoms with Gasteiger partial charge >= 0.3 is 5.97 Å². The fraction of sp³-hybridized carbons (Fsp3) is 0.667. The van der Waals surface area contributed by atoms with Crippen molar-refractivity contribution in [2.24, 2.45) is 0 Å². The van der Waals surface area contributed by atoms with Crippen LogP contribution in [0.15, 0.2) is 35.5 Å². The molecule has 1 N–H and O–H groups in total. The van der Waals surface area contributed by atoms with Crippen molar-refractivity contribution in [3.05, 3.63) is 35.5 Å². The van der Waals surface area contributed by atoms with Gasteiger partial charge in [0.25, 0.3) is 0 Å². The van der Waals surface area contributed by atoms with Crippen LogP contribution in [0.1, 0.15) is 77.0 Å². The van der Waals surface area contributed by atoms with Crippen LogP contribution in [0, 0.1) is 0 Å². The average molecular weight is 330 g/mol. The van der Waals surface area contributed by atoms with Crippen LogP contribution in [-0.2, 0) is 9.53 Å². The molecule has 1 atom stereocenters. The fourth-order valence-corrected chi connectivity index (χ4v) is 4.35. The number of hydrogen-bond acceptors (Lipinski definition) is 3. The molecule has 3 rings (SSSR count). The first-order valence-corrected chi connectivity index (χ1v) is 9.61. The summed E-state index contributed by atoms with van der Waals surface area (Å²) in [6.45, 7) is 3.65. The summed E-state index contributed by atoms with van der Waals surface area (Å²) in [5.74, 6) is -0.167. The van der Waals surface area contributed by atoms with Gasteiger partial charge in [-0.15, -0.1) is 6.58 Å². The Morgan fingerprint density at radius 1 is 1.21 bits per heavy atom. The maximum Gasteiger partial charge on any atom is 0.307 e. The van der Waals surface area contributed by atoms with Crippen LogP contribution < -0.4 is 0 Å². The highest BCUT2D eigenvalue weighted by Gasteiger charge is 2.44. The third kappa shape index (κ3) is 3.66. The lowest BCUT2D eigenvalue weighted by Crippen LogP contribution is -2.43. The van der Waals surface area contributed by atoms with Gasteiger partial charge in [0.1, 0.15) is 6.10 Å². The molecule has 3 aliphatic rings. The van der Waals surface area contributed by atoms with E-state index in [4.69, 9.17) is 4.74 Å². The molecule has 3 aliphatic carbocycles. The molecular weight excluding hydrogens is 300 g/mol. The monoisotopic (exact) mass is 330 g/mol. The summed E-state index contributed by atoms with van der Waals surface area (Å²) < 4.78 is 5.69. The molecule has 0 radical (unpaired) electrons. The number of rotatable bonds is 5. The number of hydrogen-bond donors (Lipinski definition) is 1. The molecule has 0 amide bonds. The predicted octanol–water partition coefficient (Wildman–Crippen LogP) is 4.76. The van der Waals surface area contributed by atoms with Crippen LogP contribution >= 0.6 is 0 Å². The van der Waals surface area contributed by atoms with Gasteiger partial charge < -0.3 is 9.84 Å². The van der Waals surface area contributed by atoms with Gasteiger partial charge in [-0.25, -0.2) is 0 Å². The summed E-state index contributed by atoms with van der Waals surface area (Å²) in [6, 6.07) is 0. The molecule has 0 aromatic rings. The molecule has 0 heterocycles. The topological polar surface area (TPSA) is 46.5 Å². The van der Waals surface area contributed by atoms with E-state index in [0.717, 1.165) is 49.7 Å². The minimum absolute atomic E-state index is 0.167. The normalized spacial score (nSPS) is 26.4. The molecule has 0 aliphatic heterocycles. The van der Waals surface area contributed by atoms with E-state index in [1.807, 2.05) is 6.08 Å². The van der Waals surface area contributed by atoms with Crippen molar-refractivity contribution in [2.75, 3.05) is 0 Å². The lowest BCUT2D eigenvalue weighted by molar-refractivity contribution is -0.146. The minimum atomic E-state index is -0.692. The summed E-state index contributed by atoms with van der Waals surface area (Å²) in [5, 5.41) is 11.1. The largest absolute Gasteiger partial charge is 0.453 e. The van der Waals surface area contributed by atoms with Crippen LogP contribution in [0.25, 0.3) is 0 Å². The number of esters is 1. The molecule has 0 aromatic carbocycles. The van der Waals surface area contributed by atoms with E-state index >= 15 is 0 Å². The third-order valence-corrected chi connectivity index (χ3v) is 5.72. The number of ether oxygens (including phenoxy) is 1.